The Morgan fingerprint density at radius 1 is 1.53 bits per heavy atom. The van der Waals surface area contributed by atoms with Crippen LogP contribution >= 0.6 is 12.2 Å². The Morgan fingerprint density at radius 3 is 2.80 bits per heavy atom. The summed E-state index contributed by atoms with van der Waals surface area (Å²) in [6, 6.07) is 0.0751. The van der Waals surface area contributed by atoms with Crippen LogP contribution in [-0.4, -0.2) is 48.6 Å². The maximum absolute atomic E-state index is 11.5. The summed E-state index contributed by atoms with van der Waals surface area (Å²) in [4.78, 5) is 2.04. The molecule has 2 aliphatic heterocycles. The van der Waals surface area contributed by atoms with E-state index >= 15 is 0 Å². The third-order valence-electron chi connectivity index (χ3n) is 2.85. The number of sulfone groups is 1. The summed E-state index contributed by atoms with van der Waals surface area (Å²) in [5.41, 5.74) is 0. The summed E-state index contributed by atoms with van der Waals surface area (Å²) in [5.74, 6) is 0.969. The van der Waals surface area contributed by atoms with Crippen molar-refractivity contribution < 1.29 is 8.42 Å². The summed E-state index contributed by atoms with van der Waals surface area (Å²) in [6.07, 6.45) is 0. The van der Waals surface area contributed by atoms with Crippen molar-refractivity contribution in [3.63, 3.8) is 0 Å². The molecule has 1 N–H and O–H groups in total. The van der Waals surface area contributed by atoms with Crippen LogP contribution in [0.4, 0.5) is 0 Å². The summed E-state index contributed by atoms with van der Waals surface area (Å²) in [5, 5.41) is 3.82. The van der Waals surface area contributed by atoms with Crippen LogP contribution < -0.4 is 5.32 Å². The largest absolute Gasteiger partial charge is 0.357 e. The Balaban J connectivity index is 2.15. The van der Waals surface area contributed by atoms with Gasteiger partial charge in [0, 0.05) is 6.54 Å². The van der Waals surface area contributed by atoms with Crippen molar-refractivity contribution in [3.8, 4) is 0 Å². The molecule has 4 nitrogen and oxygen atoms in total. The maximum atomic E-state index is 11.5. The number of hydrogen-bond acceptors (Lipinski definition) is 3. The van der Waals surface area contributed by atoms with E-state index in [1.54, 1.807) is 0 Å². The summed E-state index contributed by atoms with van der Waals surface area (Å²) >= 11 is 5.21. The van der Waals surface area contributed by atoms with Crippen LogP contribution in [0, 0.1) is 5.92 Å². The van der Waals surface area contributed by atoms with Gasteiger partial charge in [-0.15, -0.1) is 0 Å². The van der Waals surface area contributed by atoms with Gasteiger partial charge in [-0.05, 0) is 18.1 Å². The van der Waals surface area contributed by atoms with Gasteiger partial charge < -0.3 is 10.2 Å². The highest BCUT2D eigenvalue weighted by Gasteiger charge is 2.46. The second kappa shape index (κ2) is 3.59. The fourth-order valence-corrected chi connectivity index (χ4v) is 4.56. The zero-order valence-electron chi connectivity index (χ0n) is 8.93. The molecule has 0 saturated carbocycles. The number of rotatable bonds is 2. The molecule has 0 unspecified atom stereocenters. The van der Waals surface area contributed by atoms with E-state index in [0.717, 1.165) is 6.54 Å². The van der Waals surface area contributed by atoms with E-state index in [-0.39, 0.29) is 23.6 Å². The lowest BCUT2D eigenvalue weighted by Crippen LogP contribution is -2.39. The summed E-state index contributed by atoms with van der Waals surface area (Å²) < 4.78 is 22.9. The second-order valence-electron chi connectivity index (χ2n) is 4.75. The van der Waals surface area contributed by atoms with Crippen LogP contribution in [0.2, 0.25) is 0 Å². The molecule has 0 aromatic rings. The van der Waals surface area contributed by atoms with Crippen LogP contribution in [0.1, 0.15) is 13.8 Å². The van der Waals surface area contributed by atoms with E-state index in [1.165, 1.54) is 0 Å². The fourth-order valence-electron chi connectivity index (χ4n) is 2.28. The molecule has 2 saturated heterocycles. The molecular weight excluding hydrogens is 232 g/mol. The predicted molar refractivity (Wildman–Crippen MR) is 63.5 cm³/mol. The predicted octanol–water partition coefficient (Wildman–Crippen LogP) is -0.00190. The molecule has 2 aliphatic rings. The van der Waals surface area contributed by atoms with E-state index in [0.29, 0.717) is 11.0 Å². The Hall–Kier alpha value is -0.360. The van der Waals surface area contributed by atoms with Crippen molar-refractivity contribution in [2.24, 2.45) is 5.92 Å². The van der Waals surface area contributed by atoms with E-state index in [4.69, 9.17) is 12.2 Å². The molecule has 86 valence electrons. The van der Waals surface area contributed by atoms with Gasteiger partial charge in [-0.3, -0.25) is 0 Å². The molecule has 2 fully saturated rings. The maximum Gasteiger partial charge on any atom is 0.169 e. The average Bonchev–Trinajstić information content (AvgIpc) is 2.47. The third kappa shape index (κ3) is 2.10. The number of hydrogen-bond donors (Lipinski definition) is 1. The zero-order chi connectivity index (χ0) is 11.2. The van der Waals surface area contributed by atoms with Crippen molar-refractivity contribution in [1.82, 2.24) is 10.2 Å². The first-order chi connectivity index (χ1) is 6.89. The average molecular weight is 248 g/mol. The van der Waals surface area contributed by atoms with E-state index < -0.39 is 9.84 Å². The zero-order valence-corrected chi connectivity index (χ0v) is 10.6. The molecular formula is C9H16N2O2S2. The topological polar surface area (TPSA) is 49.4 Å². The van der Waals surface area contributed by atoms with Gasteiger partial charge in [-0.25, -0.2) is 8.42 Å². The minimum absolute atomic E-state index is 0.0150. The first-order valence-electron chi connectivity index (χ1n) is 5.16. The normalized spacial score (nSPS) is 33.3. The third-order valence-corrected chi connectivity index (χ3v) is 4.92. The van der Waals surface area contributed by atoms with Crippen molar-refractivity contribution in [1.29, 1.82) is 0 Å². The van der Waals surface area contributed by atoms with Gasteiger partial charge in [0.05, 0.1) is 23.6 Å². The smallest absolute Gasteiger partial charge is 0.169 e. The molecule has 2 atom stereocenters. The molecule has 2 rings (SSSR count). The highest BCUT2D eigenvalue weighted by Crippen LogP contribution is 2.24. The van der Waals surface area contributed by atoms with Crippen LogP contribution in [0.15, 0.2) is 0 Å². The Labute approximate surface area is 95.9 Å². The SMILES string of the molecule is CC(C)CN1C(=S)N[C@H]2CS(=O)(=O)C[C@@H]21. The monoisotopic (exact) mass is 248 g/mol. The van der Waals surface area contributed by atoms with E-state index in [1.807, 2.05) is 4.90 Å². The minimum atomic E-state index is -2.86. The first-order valence-corrected chi connectivity index (χ1v) is 7.39. The van der Waals surface area contributed by atoms with Crippen molar-refractivity contribution in [2.45, 2.75) is 25.9 Å². The van der Waals surface area contributed by atoms with Gasteiger partial charge in [-0.1, -0.05) is 13.8 Å². The van der Waals surface area contributed by atoms with Gasteiger partial charge in [0.25, 0.3) is 0 Å². The molecule has 6 heteroatoms. The molecule has 0 radical (unpaired) electrons. The van der Waals surface area contributed by atoms with Gasteiger partial charge in [0.2, 0.25) is 0 Å². The van der Waals surface area contributed by atoms with E-state index in [9.17, 15) is 8.42 Å². The van der Waals surface area contributed by atoms with Gasteiger partial charge >= 0.3 is 0 Å². The second-order valence-corrected chi connectivity index (χ2v) is 7.29. The molecule has 0 aromatic heterocycles. The highest BCUT2D eigenvalue weighted by atomic mass is 32.2. The van der Waals surface area contributed by atoms with Gasteiger partial charge in [0.15, 0.2) is 14.9 Å². The Kier molecular flexibility index (Phi) is 2.66. The quantitative estimate of drug-likeness (QED) is 0.697. The molecule has 0 aromatic carbocycles. The van der Waals surface area contributed by atoms with Crippen LogP contribution in [0.5, 0.6) is 0 Å². The molecule has 2 heterocycles. The Bertz CT molecular complexity index is 378. The van der Waals surface area contributed by atoms with Crippen LogP contribution in [0.3, 0.4) is 0 Å². The van der Waals surface area contributed by atoms with Crippen molar-refractivity contribution in [3.05, 3.63) is 0 Å². The lowest BCUT2D eigenvalue weighted by Gasteiger charge is -2.24. The molecule has 0 amide bonds. The van der Waals surface area contributed by atoms with Crippen LogP contribution in [0.25, 0.3) is 0 Å². The molecule has 0 aliphatic carbocycles. The van der Waals surface area contributed by atoms with Gasteiger partial charge in [-0.2, -0.15) is 0 Å². The molecule has 0 spiro atoms. The highest BCUT2D eigenvalue weighted by molar-refractivity contribution is 7.91. The van der Waals surface area contributed by atoms with Crippen molar-refractivity contribution >= 4 is 27.2 Å². The minimum Gasteiger partial charge on any atom is -0.357 e. The standard InChI is InChI=1S/C9H16N2O2S2/c1-6(2)3-11-8-5-15(12,13)4-7(8)10-9(11)14/h6-8H,3-5H2,1-2H3,(H,10,14)/t7-,8-/m0/s1. The molecule has 15 heavy (non-hydrogen) atoms. The lowest BCUT2D eigenvalue weighted by atomic mass is 10.1. The molecule has 0 bridgehead atoms. The first kappa shape index (κ1) is 11.1. The number of nitrogens with one attached hydrogen (secondary N) is 1. The Morgan fingerprint density at radius 2 is 2.20 bits per heavy atom. The number of nitrogens with zero attached hydrogens (tertiary/aromatic N) is 1. The van der Waals surface area contributed by atoms with Crippen molar-refractivity contribution in [2.75, 3.05) is 18.1 Å². The fraction of sp³-hybridized carbons (Fsp3) is 0.889. The lowest BCUT2D eigenvalue weighted by molar-refractivity contribution is 0.318. The van der Waals surface area contributed by atoms with E-state index in [2.05, 4.69) is 19.2 Å². The number of thiocarbonyl (C=S) groups is 1. The van der Waals surface area contributed by atoms with Crippen LogP contribution in [-0.2, 0) is 9.84 Å². The number of fused-ring (bicyclic) bond motifs is 1. The summed E-state index contributed by atoms with van der Waals surface area (Å²) in [7, 11) is -2.86. The summed E-state index contributed by atoms with van der Waals surface area (Å²) in [6.45, 7) is 5.06. The van der Waals surface area contributed by atoms with Gasteiger partial charge in [0.1, 0.15) is 0 Å².